The second-order valence-corrected chi connectivity index (χ2v) is 6.65. The number of hydrogen-bond donors (Lipinski definition) is 3. The molecule has 0 atom stereocenters. The molecule has 2 aromatic carbocycles. The number of aromatic nitrogens is 4. The summed E-state index contributed by atoms with van der Waals surface area (Å²) in [6.45, 7) is 0. The maximum atomic E-state index is 10.2. The molecule has 146 valence electrons. The zero-order chi connectivity index (χ0) is 20.2. The van der Waals surface area contributed by atoms with Gasteiger partial charge in [0.1, 0.15) is 0 Å². The fraction of sp³-hybridized carbons (Fsp3) is 0.0556. The number of hydrazone groups is 1. The third kappa shape index (κ3) is 4.09. The molecule has 0 aliphatic carbocycles. The van der Waals surface area contributed by atoms with Crippen molar-refractivity contribution >= 4 is 50.8 Å². The predicted octanol–water partition coefficient (Wildman–Crippen LogP) is 3.68. The zero-order valence-corrected chi connectivity index (χ0v) is 16.6. The Morgan fingerprint density at radius 3 is 2.55 bits per heavy atom. The summed E-state index contributed by atoms with van der Waals surface area (Å²) in [6, 6.07) is 12.8. The van der Waals surface area contributed by atoms with Crippen molar-refractivity contribution in [1.29, 1.82) is 0 Å². The molecule has 0 unspecified atom stereocenters. The fourth-order valence-electron chi connectivity index (χ4n) is 2.47. The third-order valence-electron chi connectivity index (χ3n) is 3.81. The molecule has 29 heavy (non-hydrogen) atoms. The number of rotatable bonds is 6. The van der Waals surface area contributed by atoms with Gasteiger partial charge in [-0.1, -0.05) is 34.1 Å². The van der Waals surface area contributed by atoms with Crippen molar-refractivity contribution in [2.45, 2.75) is 0 Å². The molecule has 0 saturated carbocycles. The average Bonchev–Trinajstić information content (AvgIpc) is 3.18. The van der Waals surface area contributed by atoms with Gasteiger partial charge in [0, 0.05) is 15.7 Å². The van der Waals surface area contributed by atoms with E-state index in [9.17, 15) is 5.11 Å². The van der Waals surface area contributed by atoms with E-state index >= 15 is 0 Å². The Labute approximate surface area is 172 Å². The maximum absolute atomic E-state index is 10.2. The smallest absolute Gasteiger partial charge is 0.245 e. The molecule has 11 heteroatoms. The van der Waals surface area contributed by atoms with Crippen LogP contribution in [-0.2, 0) is 0 Å². The van der Waals surface area contributed by atoms with E-state index in [1.807, 2.05) is 30.3 Å². The number of halogens is 1. The summed E-state index contributed by atoms with van der Waals surface area (Å²) >= 11 is 3.37. The Hall–Kier alpha value is -3.73. The Morgan fingerprint density at radius 1 is 1.10 bits per heavy atom. The van der Waals surface area contributed by atoms with Crippen LogP contribution in [0.5, 0.6) is 11.5 Å². The largest absolute Gasteiger partial charge is 0.504 e. The van der Waals surface area contributed by atoms with Gasteiger partial charge in [0.05, 0.1) is 13.3 Å². The van der Waals surface area contributed by atoms with Gasteiger partial charge >= 0.3 is 0 Å². The Bertz CT molecular complexity index is 1180. The molecule has 2 aromatic heterocycles. The van der Waals surface area contributed by atoms with E-state index in [2.05, 4.69) is 56.7 Å². The number of benzene rings is 2. The first-order valence-corrected chi connectivity index (χ1v) is 9.11. The third-order valence-corrected chi connectivity index (χ3v) is 4.27. The number of hydrogen-bond acceptors (Lipinski definition) is 10. The van der Waals surface area contributed by atoms with Crippen LogP contribution in [0.3, 0.4) is 0 Å². The molecular weight excluding hydrogens is 442 g/mol. The second-order valence-electron chi connectivity index (χ2n) is 5.74. The van der Waals surface area contributed by atoms with Crippen LogP contribution in [-0.4, -0.2) is 38.7 Å². The van der Waals surface area contributed by atoms with E-state index in [-0.39, 0.29) is 17.0 Å². The lowest BCUT2D eigenvalue weighted by Gasteiger charge is -2.09. The molecule has 4 aromatic rings. The van der Waals surface area contributed by atoms with E-state index in [0.29, 0.717) is 22.9 Å². The SMILES string of the molecule is COc1cc(Br)cc(C=NNc2nc3nonc3nc2Nc2ccccc2)c1O. The second kappa shape index (κ2) is 8.10. The number of anilines is 3. The molecule has 3 N–H and O–H groups in total. The van der Waals surface area contributed by atoms with Gasteiger partial charge in [-0.2, -0.15) is 10.1 Å². The molecular formula is C18H14BrN7O3. The molecule has 4 rings (SSSR count). The number of methoxy groups -OCH3 is 1. The van der Waals surface area contributed by atoms with E-state index in [4.69, 9.17) is 4.74 Å². The monoisotopic (exact) mass is 455 g/mol. The van der Waals surface area contributed by atoms with E-state index in [1.165, 1.54) is 13.3 Å². The quantitative estimate of drug-likeness (QED) is 0.294. The number of aromatic hydroxyl groups is 1. The molecule has 0 radical (unpaired) electrons. The summed E-state index contributed by atoms with van der Waals surface area (Å²) in [6.07, 6.45) is 1.43. The summed E-state index contributed by atoms with van der Waals surface area (Å²) < 4.78 is 10.5. The van der Waals surface area contributed by atoms with Gasteiger partial charge in [0.25, 0.3) is 0 Å². The number of phenols is 1. The number of nitrogens with zero attached hydrogens (tertiary/aromatic N) is 5. The summed E-state index contributed by atoms with van der Waals surface area (Å²) in [5, 5.41) is 24.9. The van der Waals surface area contributed by atoms with Gasteiger partial charge in [-0.25, -0.2) is 9.61 Å². The number of phenolic OH excluding ortho intramolecular Hbond substituents is 1. The normalized spacial score (nSPS) is 11.1. The lowest BCUT2D eigenvalue weighted by molar-refractivity contribution is 0.314. The van der Waals surface area contributed by atoms with Gasteiger partial charge < -0.3 is 15.2 Å². The van der Waals surface area contributed by atoms with Gasteiger partial charge in [-0.3, -0.25) is 5.43 Å². The topological polar surface area (TPSA) is 131 Å². The molecule has 0 spiro atoms. The standard InChI is InChI=1S/C18H14BrN7O3/c1-28-13-8-11(19)7-10(14(13)27)9-20-24-16-15(21-12-5-3-2-4-6-12)22-17-18(23-16)26-29-25-17/h2-9,27H,1H3,(H,21,22,25)(H,23,24,26). The predicted molar refractivity (Wildman–Crippen MR) is 111 cm³/mol. The summed E-state index contributed by atoms with van der Waals surface area (Å²) in [4.78, 5) is 8.68. The fourth-order valence-corrected chi connectivity index (χ4v) is 2.93. The molecule has 0 amide bonds. The van der Waals surface area contributed by atoms with Gasteiger partial charge in [-0.15, -0.1) is 0 Å². The van der Waals surface area contributed by atoms with Crippen LogP contribution < -0.4 is 15.5 Å². The van der Waals surface area contributed by atoms with Crippen LogP contribution in [0.4, 0.5) is 17.3 Å². The van der Waals surface area contributed by atoms with Crippen molar-refractivity contribution in [2.75, 3.05) is 17.9 Å². The molecule has 10 nitrogen and oxygen atoms in total. The van der Waals surface area contributed by atoms with Crippen molar-refractivity contribution in [3.63, 3.8) is 0 Å². The van der Waals surface area contributed by atoms with Crippen molar-refractivity contribution in [1.82, 2.24) is 20.3 Å². The minimum atomic E-state index is -0.0360. The Balaban J connectivity index is 1.64. The lowest BCUT2D eigenvalue weighted by Crippen LogP contribution is -2.03. The van der Waals surface area contributed by atoms with Crippen LogP contribution in [0, 0.1) is 0 Å². The van der Waals surface area contributed by atoms with Gasteiger partial charge in [-0.05, 0) is 34.6 Å². The molecule has 0 saturated heterocycles. The van der Waals surface area contributed by atoms with Crippen molar-refractivity contribution < 1.29 is 14.5 Å². The van der Waals surface area contributed by atoms with Crippen LogP contribution >= 0.6 is 15.9 Å². The zero-order valence-electron chi connectivity index (χ0n) is 15.0. The van der Waals surface area contributed by atoms with Crippen molar-refractivity contribution in [3.05, 3.63) is 52.5 Å². The van der Waals surface area contributed by atoms with Crippen LogP contribution in [0.1, 0.15) is 5.56 Å². The molecule has 0 aliphatic rings. The summed E-state index contributed by atoms with van der Waals surface area (Å²) in [7, 11) is 1.47. The highest BCUT2D eigenvalue weighted by molar-refractivity contribution is 9.10. The van der Waals surface area contributed by atoms with Crippen LogP contribution in [0.25, 0.3) is 11.3 Å². The van der Waals surface area contributed by atoms with E-state index < -0.39 is 0 Å². The van der Waals surface area contributed by atoms with Crippen LogP contribution in [0.15, 0.2) is 56.7 Å². The van der Waals surface area contributed by atoms with Crippen molar-refractivity contribution in [2.24, 2.45) is 5.10 Å². The number of ether oxygens (including phenoxy) is 1. The highest BCUT2D eigenvalue weighted by Gasteiger charge is 2.13. The minimum Gasteiger partial charge on any atom is -0.504 e. The van der Waals surface area contributed by atoms with Crippen LogP contribution in [0.2, 0.25) is 0 Å². The minimum absolute atomic E-state index is 0.0360. The first kappa shape index (κ1) is 18.6. The molecule has 0 fully saturated rings. The lowest BCUT2D eigenvalue weighted by atomic mass is 10.2. The first-order chi connectivity index (χ1) is 14.1. The molecule has 0 bridgehead atoms. The van der Waals surface area contributed by atoms with Gasteiger partial charge in [0.15, 0.2) is 23.1 Å². The summed E-state index contributed by atoms with van der Waals surface area (Å²) in [5.74, 6) is 0.968. The Kier molecular flexibility index (Phi) is 5.20. The summed E-state index contributed by atoms with van der Waals surface area (Å²) in [5.41, 5.74) is 4.54. The molecule has 0 aliphatic heterocycles. The number of fused-ring (bicyclic) bond motifs is 1. The highest BCUT2D eigenvalue weighted by Crippen LogP contribution is 2.32. The Morgan fingerprint density at radius 2 is 1.83 bits per heavy atom. The highest BCUT2D eigenvalue weighted by atomic mass is 79.9. The van der Waals surface area contributed by atoms with E-state index in [0.717, 1.165) is 10.2 Å². The maximum Gasteiger partial charge on any atom is 0.245 e. The van der Waals surface area contributed by atoms with Crippen molar-refractivity contribution in [3.8, 4) is 11.5 Å². The van der Waals surface area contributed by atoms with E-state index in [1.54, 1.807) is 12.1 Å². The molecule has 2 heterocycles. The van der Waals surface area contributed by atoms with Gasteiger partial charge in [0.2, 0.25) is 11.3 Å². The number of nitrogens with one attached hydrogen (secondary N) is 2. The number of para-hydroxylation sites is 1. The average molecular weight is 456 g/mol. The first-order valence-electron chi connectivity index (χ1n) is 8.32.